The van der Waals surface area contributed by atoms with Gasteiger partial charge in [0.1, 0.15) is 24.3 Å². The van der Waals surface area contributed by atoms with Gasteiger partial charge in [0.2, 0.25) is 5.91 Å². The van der Waals surface area contributed by atoms with Crippen LogP contribution in [0.25, 0.3) is 22.4 Å². The maximum Gasteiger partial charge on any atom is 0.264 e. The molecule has 0 bridgehead atoms. The number of H-pyrrole nitrogens is 1. The predicted octanol–water partition coefficient (Wildman–Crippen LogP) is 5.34. The SMILES string of the molecule is CC1(C)OC[C@H](COc2ccc(-c3nc4c(CC(=O)Nc5nccs5)cccc4[nH]3)c(C(F)F)c2)O1. The quantitative estimate of drug-likeness (QED) is 0.330. The lowest BCUT2D eigenvalue weighted by Crippen LogP contribution is -2.25. The van der Waals surface area contributed by atoms with Gasteiger partial charge in [-0.1, -0.05) is 12.1 Å². The van der Waals surface area contributed by atoms with E-state index in [1.807, 2.05) is 13.8 Å². The van der Waals surface area contributed by atoms with E-state index in [1.165, 1.54) is 17.4 Å². The van der Waals surface area contributed by atoms with Crippen molar-refractivity contribution in [2.45, 2.75) is 38.6 Å². The molecule has 0 unspecified atom stereocenters. The van der Waals surface area contributed by atoms with Gasteiger partial charge in [0, 0.05) is 22.7 Å². The van der Waals surface area contributed by atoms with Crippen LogP contribution >= 0.6 is 11.3 Å². The van der Waals surface area contributed by atoms with Gasteiger partial charge in [-0.25, -0.2) is 18.7 Å². The molecule has 1 saturated heterocycles. The molecule has 3 heterocycles. The Labute approximate surface area is 209 Å². The number of aromatic amines is 1. The fourth-order valence-corrected chi connectivity index (χ4v) is 4.59. The highest BCUT2D eigenvalue weighted by atomic mass is 32.1. The van der Waals surface area contributed by atoms with E-state index in [9.17, 15) is 13.6 Å². The molecule has 2 aromatic carbocycles. The predicted molar refractivity (Wildman–Crippen MR) is 131 cm³/mol. The molecule has 36 heavy (non-hydrogen) atoms. The summed E-state index contributed by atoms with van der Waals surface area (Å²) in [6.07, 6.45) is -1.35. The van der Waals surface area contributed by atoms with Crippen LogP contribution in [0.1, 0.15) is 31.4 Å². The Kier molecular flexibility index (Phi) is 6.69. The van der Waals surface area contributed by atoms with Crippen molar-refractivity contribution in [2.75, 3.05) is 18.5 Å². The lowest BCUT2D eigenvalue weighted by molar-refractivity contribution is -0.141. The van der Waals surface area contributed by atoms with Gasteiger partial charge in [-0.2, -0.15) is 0 Å². The van der Waals surface area contributed by atoms with Crippen LogP contribution in [0.2, 0.25) is 0 Å². The molecule has 1 atom stereocenters. The van der Waals surface area contributed by atoms with Gasteiger partial charge in [-0.3, -0.25) is 4.79 Å². The molecule has 1 fully saturated rings. The first-order valence-corrected chi connectivity index (χ1v) is 12.2. The fraction of sp³-hybridized carbons (Fsp3) is 0.320. The average Bonchev–Trinajstić information content (AvgIpc) is 3.57. The molecule has 1 amide bonds. The smallest absolute Gasteiger partial charge is 0.264 e. The normalized spacial score (nSPS) is 17.1. The minimum atomic E-state index is -2.75. The van der Waals surface area contributed by atoms with Crippen LogP contribution in [0.5, 0.6) is 5.75 Å². The van der Waals surface area contributed by atoms with Gasteiger partial charge in [-0.15, -0.1) is 11.3 Å². The third-order valence-corrected chi connectivity index (χ3v) is 6.33. The maximum absolute atomic E-state index is 14.0. The Morgan fingerprint density at radius 2 is 2.19 bits per heavy atom. The Morgan fingerprint density at radius 1 is 1.33 bits per heavy atom. The molecule has 188 valence electrons. The van der Waals surface area contributed by atoms with E-state index in [0.29, 0.717) is 34.1 Å². The highest BCUT2D eigenvalue weighted by Gasteiger charge is 2.33. The molecular weight excluding hydrogens is 490 g/mol. The summed E-state index contributed by atoms with van der Waals surface area (Å²) in [5.74, 6) is -0.336. The number of thiazole rings is 1. The monoisotopic (exact) mass is 514 g/mol. The molecule has 1 aliphatic rings. The Hall–Kier alpha value is -3.41. The van der Waals surface area contributed by atoms with Gasteiger partial charge in [0.15, 0.2) is 10.9 Å². The zero-order valence-corrected chi connectivity index (χ0v) is 20.4. The van der Waals surface area contributed by atoms with Gasteiger partial charge in [-0.05, 0) is 43.7 Å². The summed E-state index contributed by atoms with van der Waals surface area (Å²) in [6, 6.07) is 9.86. The summed E-state index contributed by atoms with van der Waals surface area (Å²) < 4.78 is 45.0. The van der Waals surface area contributed by atoms with Crippen molar-refractivity contribution < 1.29 is 27.8 Å². The number of ether oxygens (including phenoxy) is 3. The standard InChI is InChI=1S/C25H24F2N4O4S/c1-25(2)34-13-16(35-25)12-33-15-6-7-17(18(11-15)22(26)27)23-29-19-5-3-4-14(21(19)31-23)10-20(32)30-24-28-8-9-36-24/h3-9,11,16,22H,10,12-13H2,1-2H3,(H,29,31)(H,28,30,32)/t16-/m0/s1. The number of para-hydroxylation sites is 1. The summed E-state index contributed by atoms with van der Waals surface area (Å²) in [4.78, 5) is 24.2. The third kappa shape index (κ3) is 5.38. The average molecular weight is 515 g/mol. The van der Waals surface area contributed by atoms with Crippen LogP contribution in [0.3, 0.4) is 0 Å². The third-order valence-electron chi connectivity index (χ3n) is 5.64. The molecule has 2 N–H and O–H groups in total. The molecule has 2 aromatic heterocycles. The molecule has 11 heteroatoms. The number of alkyl halides is 2. The molecule has 1 aliphatic heterocycles. The number of carbonyl (C=O) groups excluding carboxylic acids is 1. The van der Waals surface area contributed by atoms with Crippen molar-refractivity contribution in [3.8, 4) is 17.1 Å². The number of fused-ring (bicyclic) bond motifs is 1. The second-order valence-corrected chi connectivity index (χ2v) is 9.67. The second kappa shape index (κ2) is 9.92. The van der Waals surface area contributed by atoms with Crippen LogP contribution < -0.4 is 10.1 Å². The zero-order valence-electron chi connectivity index (χ0n) is 19.6. The molecule has 0 aliphatic carbocycles. The number of aromatic nitrogens is 3. The van der Waals surface area contributed by atoms with Crippen molar-refractivity contribution in [1.82, 2.24) is 15.0 Å². The molecule has 0 radical (unpaired) electrons. The molecule has 8 nitrogen and oxygen atoms in total. The number of imidazole rings is 1. The number of halogens is 2. The fourth-order valence-electron chi connectivity index (χ4n) is 4.04. The van der Waals surface area contributed by atoms with Crippen LogP contribution in [-0.4, -0.2) is 46.0 Å². The van der Waals surface area contributed by atoms with Gasteiger partial charge >= 0.3 is 0 Å². The van der Waals surface area contributed by atoms with E-state index in [0.717, 1.165) is 0 Å². The first-order valence-electron chi connectivity index (χ1n) is 11.3. The zero-order chi connectivity index (χ0) is 25.3. The minimum absolute atomic E-state index is 0.0689. The summed E-state index contributed by atoms with van der Waals surface area (Å²) >= 11 is 1.32. The molecule has 4 aromatic rings. The van der Waals surface area contributed by atoms with Crippen molar-refractivity contribution in [3.05, 3.63) is 59.1 Å². The Balaban J connectivity index is 1.37. The number of amides is 1. The van der Waals surface area contributed by atoms with E-state index in [1.54, 1.807) is 41.9 Å². The number of carbonyl (C=O) groups is 1. The molecule has 5 rings (SSSR count). The first-order chi connectivity index (χ1) is 17.3. The topological polar surface area (TPSA) is 98.4 Å². The number of nitrogens with zero attached hydrogens (tertiary/aromatic N) is 2. The molecular formula is C25H24F2N4O4S. The summed E-state index contributed by atoms with van der Waals surface area (Å²) in [5, 5.41) is 5.02. The number of anilines is 1. The number of rotatable bonds is 8. The molecule has 0 spiro atoms. The van der Waals surface area contributed by atoms with E-state index < -0.39 is 12.2 Å². The number of nitrogens with one attached hydrogen (secondary N) is 2. The van der Waals surface area contributed by atoms with E-state index in [-0.39, 0.29) is 42.0 Å². The first kappa shape index (κ1) is 24.3. The van der Waals surface area contributed by atoms with Crippen molar-refractivity contribution in [2.24, 2.45) is 0 Å². The van der Waals surface area contributed by atoms with E-state index in [2.05, 4.69) is 20.3 Å². The van der Waals surface area contributed by atoms with E-state index in [4.69, 9.17) is 14.2 Å². The van der Waals surface area contributed by atoms with Gasteiger partial charge in [0.05, 0.1) is 24.1 Å². The molecule has 0 saturated carbocycles. The summed E-state index contributed by atoms with van der Waals surface area (Å²) in [7, 11) is 0. The van der Waals surface area contributed by atoms with Crippen molar-refractivity contribution >= 4 is 33.4 Å². The summed E-state index contributed by atoms with van der Waals surface area (Å²) in [6.45, 7) is 4.17. The Bertz CT molecular complexity index is 1370. The maximum atomic E-state index is 14.0. The highest BCUT2D eigenvalue weighted by Crippen LogP contribution is 2.34. The number of hydrogen-bond acceptors (Lipinski definition) is 7. The van der Waals surface area contributed by atoms with Gasteiger partial charge < -0.3 is 24.5 Å². The van der Waals surface area contributed by atoms with Gasteiger partial charge in [0.25, 0.3) is 6.43 Å². The largest absolute Gasteiger partial charge is 0.491 e. The Morgan fingerprint density at radius 3 is 2.92 bits per heavy atom. The lowest BCUT2D eigenvalue weighted by Gasteiger charge is -2.17. The van der Waals surface area contributed by atoms with Crippen molar-refractivity contribution in [3.63, 3.8) is 0 Å². The lowest BCUT2D eigenvalue weighted by atomic mass is 10.1. The number of hydrogen-bond donors (Lipinski definition) is 2. The van der Waals surface area contributed by atoms with E-state index >= 15 is 0 Å². The van der Waals surface area contributed by atoms with Crippen LogP contribution in [0.15, 0.2) is 48.0 Å². The van der Waals surface area contributed by atoms with Crippen LogP contribution in [0, 0.1) is 0 Å². The highest BCUT2D eigenvalue weighted by molar-refractivity contribution is 7.13. The van der Waals surface area contributed by atoms with Crippen molar-refractivity contribution in [1.29, 1.82) is 0 Å². The second-order valence-electron chi connectivity index (χ2n) is 8.77. The number of benzene rings is 2. The van der Waals surface area contributed by atoms with Crippen LogP contribution in [-0.2, 0) is 20.7 Å². The van der Waals surface area contributed by atoms with Crippen LogP contribution in [0.4, 0.5) is 13.9 Å². The summed E-state index contributed by atoms with van der Waals surface area (Å²) in [5.41, 5.74) is 1.91. The minimum Gasteiger partial charge on any atom is -0.491 e.